The van der Waals surface area contributed by atoms with Gasteiger partial charge in [-0.05, 0) is 43.7 Å². The van der Waals surface area contributed by atoms with Gasteiger partial charge in [-0.1, -0.05) is 11.6 Å². The molecule has 0 aliphatic carbocycles. The molecule has 2 aromatic rings. The number of benzene rings is 2. The second-order valence-electron chi connectivity index (χ2n) is 5.18. The standard InChI is InChI=1S/C14H15NO6S2/c1-8-3-4-13(22(16,17)18)10(5-8)11-6-9(2)7-12(15)14(11)23(19,20)21/h3-7H,15H2,1-2H3,(H,16,17,18)(H,19,20,21). The number of nitrogens with two attached hydrogens (primary N) is 1. The molecule has 4 N–H and O–H groups in total. The van der Waals surface area contributed by atoms with E-state index in [0.29, 0.717) is 11.1 Å². The van der Waals surface area contributed by atoms with Crippen LogP contribution >= 0.6 is 0 Å². The molecule has 7 nitrogen and oxygen atoms in total. The molecule has 0 fully saturated rings. The van der Waals surface area contributed by atoms with Crippen LogP contribution in [0.2, 0.25) is 0 Å². The van der Waals surface area contributed by atoms with Crippen LogP contribution in [0.15, 0.2) is 40.1 Å². The van der Waals surface area contributed by atoms with Gasteiger partial charge in [-0.2, -0.15) is 16.8 Å². The van der Waals surface area contributed by atoms with Crippen molar-refractivity contribution in [3.8, 4) is 11.1 Å². The van der Waals surface area contributed by atoms with Crippen LogP contribution in [0.5, 0.6) is 0 Å². The van der Waals surface area contributed by atoms with E-state index in [2.05, 4.69) is 0 Å². The number of hydrogen-bond donors (Lipinski definition) is 3. The van der Waals surface area contributed by atoms with Gasteiger partial charge in [0.25, 0.3) is 20.2 Å². The number of rotatable bonds is 3. The second kappa shape index (κ2) is 5.60. The minimum atomic E-state index is -4.71. The summed E-state index contributed by atoms with van der Waals surface area (Å²) < 4.78 is 65.3. The van der Waals surface area contributed by atoms with Crippen molar-refractivity contribution in [2.75, 3.05) is 5.73 Å². The Morgan fingerprint density at radius 1 is 0.826 bits per heavy atom. The maximum Gasteiger partial charge on any atom is 0.297 e. The van der Waals surface area contributed by atoms with E-state index < -0.39 is 30.0 Å². The summed E-state index contributed by atoms with van der Waals surface area (Å²) in [5.74, 6) is 0. The summed E-state index contributed by atoms with van der Waals surface area (Å²) in [6.45, 7) is 3.31. The lowest BCUT2D eigenvalue weighted by molar-refractivity contribution is 0.480. The molecule has 124 valence electrons. The molecule has 0 radical (unpaired) electrons. The molecule has 0 heterocycles. The van der Waals surface area contributed by atoms with Gasteiger partial charge in [-0.15, -0.1) is 0 Å². The van der Waals surface area contributed by atoms with Crippen molar-refractivity contribution in [2.24, 2.45) is 0 Å². The summed E-state index contributed by atoms with van der Waals surface area (Å²) in [5.41, 5.74) is 6.51. The van der Waals surface area contributed by atoms with E-state index in [1.165, 1.54) is 24.3 Å². The predicted octanol–water partition coefficient (Wildman–Crippen LogP) is 2.05. The van der Waals surface area contributed by atoms with Gasteiger partial charge in [0.2, 0.25) is 0 Å². The van der Waals surface area contributed by atoms with E-state index in [-0.39, 0.29) is 16.8 Å². The molecule has 0 saturated heterocycles. The number of anilines is 1. The van der Waals surface area contributed by atoms with E-state index in [1.807, 2.05) is 0 Å². The van der Waals surface area contributed by atoms with Crippen LogP contribution in [0.25, 0.3) is 11.1 Å². The maximum atomic E-state index is 11.7. The minimum absolute atomic E-state index is 0.0597. The topological polar surface area (TPSA) is 135 Å². The van der Waals surface area contributed by atoms with E-state index in [1.54, 1.807) is 13.8 Å². The molecule has 0 bridgehead atoms. The van der Waals surface area contributed by atoms with Crippen LogP contribution in [0, 0.1) is 13.8 Å². The van der Waals surface area contributed by atoms with E-state index in [4.69, 9.17) is 5.73 Å². The Labute approximate surface area is 134 Å². The van der Waals surface area contributed by atoms with Crippen LogP contribution in [0.3, 0.4) is 0 Å². The zero-order chi connectivity index (χ0) is 17.6. The quantitative estimate of drug-likeness (QED) is 0.565. The molecule has 0 amide bonds. The first kappa shape index (κ1) is 17.4. The van der Waals surface area contributed by atoms with Crippen LogP contribution in [-0.2, 0) is 20.2 Å². The van der Waals surface area contributed by atoms with Gasteiger partial charge in [-0.3, -0.25) is 9.11 Å². The van der Waals surface area contributed by atoms with Crippen molar-refractivity contribution < 1.29 is 25.9 Å². The van der Waals surface area contributed by atoms with Crippen molar-refractivity contribution in [2.45, 2.75) is 23.6 Å². The molecule has 9 heteroatoms. The largest absolute Gasteiger partial charge is 0.398 e. The first-order valence-corrected chi connectivity index (χ1v) is 9.25. The fourth-order valence-corrected chi connectivity index (χ4v) is 3.86. The fraction of sp³-hybridized carbons (Fsp3) is 0.143. The molecule has 23 heavy (non-hydrogen) atoms. The molecule has 0 saturated carbocycles. The van der Waals surface area contributed by atoms with Gasteiger partial charge >= 0.3 is 0 Å². The third-order valence-electron chi connectivity index (χ3n) is 3.22. The average molecular weight is 357 g/mol. The summed E-state index contributed by atoms with van der Waals surface area (Å²) in [6.07, 6.45) is 0. The summed E-state index contributed by atoms with van der Waals surface area (Å²) in [5, 5.41) is 0. The third-order valence-corrected chi connectivity index (χ3v) is 5.11. The number of aryl methyl sites for hydroxylation is 2. The van der Waals surface area contributed by atoms with Gasteiger partial charge in [0.1, 0.15) is 9.79 Å². The molecular weight excluding hydrogens is 342 g/mol. The van der Waals surface area contributed by atoms with Crippen molar-refractivity contribution in [1.82, 2.24) is 0 Å². The Balaban J connectivity index is 3.02. The van der Waals surface area contributed by atoms with E-state index >= 15 is 0 Å². The first-order valence-electron chi connectivity index (χ1n) is 6.37. The summed E-state index contributed by atoms with van der Waals surface area (Å²) >= 11 is 0. The molecule has 0 atom stereocenters. The SMILES string of the molecule is Cc1ccc(S(=O)(=O)O)c(-c2cc(C)cc(N)c2S(=O)(=O)O)c1. The Kier molecular flexibility index (Phi) is 4.24. The molecule has 0 spiro atoms. The number of hydrogen-bond acceptors (Lipinski definition) is 5. The smallest absolute Gasteiger partial charge is 0.297 e. The molecular formula is C14H15NO6S2. The zero-order valence-electron chi connectivity index (χ0n) is 12.3. The fourth-order valence-electron chi connectivity index (χ4n) is 2.37. The van der Waals surface area contributed by atoms with Gasteiger partial charge < -0.3 is 5.73 Å². The normalized spacial score (nSPS) is 12.3. The highest BCUT2D eigenvalue weighted by Crippen LogP contribution is 2.37. The Hall–Kier alpha value is -1.94. The summed E-state index contributed by atoms with van der Waals surface area (Å²) in [4.78, 5) is -1.07. The van der Waals surface area contributed by atoms with Gasteiger partial charge in [0.15, 0.2) is 0 Å². The van der Waals surface area contributed by atoms with Crippen molar-refractivity contribution in [3.63, 3.8) is 0 Å². The van der Waals surface area contributed by atoms with Crippen molar-refractivity contribution >= 4 is 25.9 Å². The lowest BCUT2D eigenvalue weighted by Crippen LogP contribution is -2.08. The Bertz CT molecular complexity index is 994. The third kappa shape index (κ3) is 3.53. The van der Waals surface area contributed by atoms with Crippen LogP contribution in [0.1, 0.15) is 11.1 Å². The van der Waals surface area contributed by atoms with E-state index in [0.717, 1.165) is 6.07 Å². The monoisotopic (exact) mass is 357 g/mol. The van der Waals surface area contributed by atoms with Gasteiger partial charge in [0, 0.05) is 11.1 Å². The summed E-state index contributed by atoms with van der Waals surface area (Å²) in [7, 11) is -9.31. The lowest BCUT2D eigenvalue weighted by atomic mass is 10.0. The lowest BCUT2D eigenvalue weighted by Gasteiger charge is -2.14. The van der Waals surface area contributed by atoms with Gasteiger partial charge in [0.05, 0.1) is 5.69 Å². The Morgan fingerprint density at radius 3 is 1.91 bits per heavy atom. The molecule has 2 rings (SSSR count). The highest BCUT2D eigenvalue weighted by Gasteiger charge is 2.25. The zero-order valence-corrected chi connectivity index (χ0v) is 13.9. The molecule has 0 aliphatic rings. The van der Waals surface area contributed by atoms with Crippen molar-refractivity contribution in [3.05, 3.63) is 41.5 Å². The second-order valence-corrected chi connectivity index (χ2v) is 7.93. The summed E-state index contributed by atoms with van der Waals surface area (Å²) in [6, 6.07) is 6.73. The van der Waals surface area contributed by atoms with Crippen LogP contribution in [-0.4, -0.2) is 25.9 Å². The molecule has 2 aromatic carbocycles. The highest BCUT2D eigenvalue weighted by molar-refractivity contribution is 7.86. The van der Waals surface area contributed by atoms with Gasteiger partial charge in [-0.25, -0.2) is 0 Å². The number of nitrogen functional groups attached to an aromatic ring is 1. The minimum Gasteiger partial charge on any atom is -0.398 e. The van der Waals surface area contributed by atoms with Crippen molar-refractivity contribution in [1.29, 1.82) is 0 Å². The highest BCUT2D eigenvalue weighted by atomic mass is 32.2. The average Bonchev–Trinajstić information content (AvgIpc) is 2.34. The van der Waals surface area contributed by atoms with E-state index in [9.17, 15) is 25.9 Å². The maximum absolute atomic E-state index is 11.7. The van der Waals surface area contributed by atoms with Crippen LogP contribution in [0.4, 0.5) is 5.69 Å². The molecule has 0 aromatic heterocycles. The first-order chi connectivity index (χ1) is 10.4. The molecule has 0 aliphatic heterocycles. The Morgan fingerprint density at radius 2 is 1.39 bits per heavy atom. The molecule has 0 unspecified atom stereocenters. The van der Waals surface area contributed by atoms with Crippen LogP contribution < -0.4 is 5.73 Å². The predicted molar refractivity (Wildman–Crippen MR) is 85.4 cm³/mol.